The van der Waals surface area contributed by atoms with Crippen molar-refractivity contribution < 1.29 is 14.4 Å². The number of rotatable bonds is 7. The SMILES string of the molecule is O=C(NCCNC(=O)[C@@H]1CC(=O)N(CC2CC2)C1)c1ccccc1. The molecule has 1 saturated carbocycles. The second-order valence-electron chi connectivity index (χ2n) is 6.56. The molecule has 2 N–H and O–H groups in total. The molecule has 0 bridgehead atoms. The summed E-state index contributed by atoms with van der Waals surface area (Å²) in [5.41, 5.74) is 0.598. The van der Waals surface area contributed by atoms with Crippen LogP contribution in [0.5, 0.6) is 0 Å². The molecule has 128 valence electrons. The first-order valence-electron chi connectivity index (χ1n) is 8.52. The molecule has 0 radical (unpaired) electrons. The lowest BCUT2D eigenvalue weighted by molar-refractivity contribution is -0.129. The molecule has 1 aromatic rings. The zero-order valence-corrected chi connectivity index (χ0v) is 13.7. The van der Waals surface area contributed by atoms with Gasteiger partial charge in [0.25, 0.3) is 5.91 Å². The van der Waals surface area contributed by atoms with E-state index in [1.807, 2.05) is 11.0 Å². The van der Waals surface area contributed by atoms with Gasteiger partial charge in [-0.25, -0.2) is 0 Å². The maximum Gasteiger partial charge on any atom is 0.251 e. The van der Waals surface area contributed by atoms with Crippen LogP contribution in [0, 0.1) is 11.8 Å². The van der Waals surface area contributed by atoms with Gasteiger partial charge in [0.2, 0.25) is 11.8 Å². The summed E-state index contributed by atoms with van der Waals surface area (Å²) in [5.74, 6) is 0.205. The highest BCUT2D eigenvalue weighted by Crippen LogP contribution is 2.31. The van der Waals surface area contributed by atoms with Crippen molar-refractivity contribution in [2.24, 2.45) is 11.8 Å². The number of benzene rings is 1. The van der Waals surface area contributed by atoms with Crippen molar-refractivity contribution in [1.82, 2.24) is 15.5 Å². The van der Waals surface area contributed by atoms with E-state index in [0.29, 0.717) is 37.5 Å². The van der Waals surface area contributed by atoms with E-state index in [0.717, 1.165) is 6.54 Å². The van der Waals surface area contributed by atoms with Crippen LogP contribution in [0.2, 0.25) is 0 Å². The summed E-state index contributed by atoms with van der Waals surface area (Å²) in [5, 5.41) is 5.57. The molecule has 3 amide bonds. The van der Waals surface area contributed by atoms with Crippen LogP contribution in [-0.2, 0) is 9.59 Å². The van der Waals surface area contributed by atoms with E-state index < -0.39 is 0 Å². The van der Waals surface area contributed by atoms with Crippen LogP contribution in [0.1, 0.15) is 29.6 Å². The number of nitrogens with one attached hydrogen (secondary N) is 2. The molecular formula is C18H23N3O3. The van der Waals surface area contributed by atoms with E-state index in [1.165, 1.54) is 12.8 Å². The Labute approximate surface area is 141 Å². The molecule has 2 fully saturated rings. The van der Waals surface area contributed by atoms with Crippen LogP contribution in [0.25, 0.3) is 0 Å². The first kappa shape index (κ1) is 16.5. The Morgan fingerprint density at radius 3 is 2.50 bits per heavy atom. The fourth-order valence-corrected chi connectivity index (χ4v) is 2.93. The first-order chi connectivity index (χ1) is 11.6. The quantitative estimate of drug-likeness (QED) is 0.726. The van der Waals surface area contributed by atoms with Gasteiger partial charge in [-0.05, 0) is 30.9 Å². The van der Waals surface area contributed by atoms with Crippen molar-refractivity contribution in [2.75, 3.05) is 26.2 Å². The first-order valence-corrected chi connectivity index (χ1v) is 8.52. The highest BCUT2D eigenvalue weighted by molar-refractivity contribution is 5.94. The Bertz CT molecular complexity index is 613. The van der Waals surface area contributed by atoms with E-state index in [-0.39, 0.29) is 23.6 Å². The summed E-state index contributed by atoms with van der Waals surface area (Å²) in [7, 11) is 0. The molecule has 0 spiro atoms. The summed E-state index contributed by atoms with van der Waals surface area (Å²) in [6.45, 7) is 2.06. The number of carbonyl (C=O) groups excluding carboxylic acids is 3. The number of hydrogen-bond acceptors (Lipinski definition) is 3. The molecule has 24 heavy (non-hydrogen) atoms. The van der Waals surface area contributed by atoms with Gasteiger partial charge < -0.3 is 15.5 Å². The zero-order valence-electron chi connectivity index (χ0n) is 13.7. The third-order valence-corrected chi connectivity index (χ3v) is 4.51. The minimum absolute atomic E-state index is 0.0828. The van der Waals surface area contributed by atoms with E-state index in [1.54, 1.807) is 24.3 Å². The summed E-state index contributed by atoms with van der Waals surface area (Å²) in [4.78, 5) is 37.8. The van der Waals surface area contributed by atoms with Gasteiger partial charge in [-0.3, -0.25) is 14.4 Å². The lowest BCUT2D eigenvalue weighted by Crippen LogP contribution is -2.38. The highest BCUT2D eigenvalue weighted by atomic mass is 16.2. The lowest BCUT2D eigenvalue weighted by Gasteiger charge is -2.16. The van der Waals surface area contributed by atoms with Crippen molar-refractivity contribution in [1.29, 1.82) is 0 Å². The molecule has 1 saturated heterocycles. The molecule has 6 nitrogen and oxygen atoms in total. The normalized spacial score (nSPS) is 20.1. The second-order valence-corrected chi connectivity index (χ2v) is 6.56. The molecule has 3 rings (SSSR count). The Morgan fingerprint density at radius 1 is 1.08 bits per heavy atom. The number of hydrogen-bond donors (Lipinski definition) is 2. The van der Waals surface area contributed by atoms with E-state index in [9.17, 15) is 14.4 Å². The zero-order chi connectivity index (χ0) is 16.9. The van der Waals surface area contributed by atoms with Crippen molar-refractivity contribution in [3.63, 3.8) is 0 Å². The van der Waals surface area contributed by atoms with Gasteiger partial charge in [0.15, 0.2) is 0 Å². The number of likely N-dealkylation sites (tertiary alicyclic amines) is 1. The molecular weight excluding hydrogens is 306 g/mol. The minimum Gasteiger partial charge on any atom is -0.354 e. The standard InChI is InChI=1S/C18H23N3O3/c22-16-10-15(12-21(16)11-13-6-7-13)18(24)20-9-8-19-17(23)14-4-2-1-3-5-14/h1-5,13,15H,6-12H2,(H,19,23)(H,20,24)/t15-/m1/s1. The second kappa shape index (κ2) is 7.47. The van der Waals surface area contributed by atoms with Gasteiger partial charge in [0.05, 0.1) is 5.92 Å². The van der Waals surface area contributed by atoms with Crippen LogP contribution >= 0.6 is 0 Å². The molecule has 1 aromatic carbocycles. The highest BCUT2D eigenvalue weighted by Gasteiger charge is 2.36. The largest absolute Gasteiger partial charge is 0.354 e. The summed E-state index contributed by atoms with van der Waals surface area (Å²) >= 11 is 0. The topological polar surface area (TPSA) is 78.5 Å². The van der Waals surface area contributed by atoms with E-state index in [2.05, 4.69) is 10.6 Å². The van der Waals surface area contributed by atoms with Crippen LogP contribution in [0.3, 0.4) is 0 Å². The van der Waals surface area contributed by atoms with Gasteiger partial charge in [-0.15, -0.1) is 0 Å². The molecule has 1 atom stereocenters. The average Bonchev–Trinajstić information content (AvgIpc) is 3.34. The maximum absolute atomic E-state index is 12.1. The summed E-state index contributed by atoms with van der Waals surface area (Å²) in [6.07, 6.45) is 2.69. The van der Waals surface area contributed by atoms with Gasteiger partial charge in [0.1, 0.15) is 0 Å². The minimum atomic E-state index is -0.263. The van der Waals surface area contributed by atoms with Gasteiger partial charge >= 0.3 is 0 Å². The lowest BCUT2D eigenvalue weighted by atomic mass is 10.1. The smallest absolute Gasteiger partial charge is 0.251 e. The number of nitrogens with zero attached hydrogens (tertiary/aromatic N) is 1. The van der Waals surface area contributed by atoms with Gasteiger partial charge in [-0.2, -0.15) is 0 Å². The Balaban J connectivity index is 1.35. The molecule has 0 unspecified atom stereocenters. The average molecular weight is 329 g/mol. The number of amides is 3. The molecule has 0 aromatic heterocycles. The summed E-state index contributed by atoms with van der Waals surface area (Å²) < 4.78 is 0. The fourth-order valence-electron chi connectivity index (χ4n) is 2.93. The molecule has 1 aliphatic heterocycles. The Kier molecular flexibility index (Phi) is 5.13. The number of carbonyl (C=O) groups is 3. The van der Waals surface area contributed by atoms with Crippen LogP contribution in [-0.4, -0.2) is 48.8 Å². The van der Waals surface area contributed by atoms with Crippen LogP contribution in [0.4, 0.5) is 0 Å². The van der Waals surface area contributed by atoms with E-state index >= 15 is 0 Å². The third-order valence-electron chi connectivity index (χ3n) is 4.51. The van der Waals surface area contributed by atoms with E-state index in [4.69, 9.17) is 0 Å². The maximum atomic E-state index is 12.1. The van der Waals surface area contributed by atoms with Crippen molar-refractivity contribution >= 4 is 17.7 Å². The molecule has 1 heterocycles. The summed E-state index contributed by atoms with van der Waals surface area (Å²) in [6, 6.07) is 8.95. The Morgan fingerprint density at radius 2 is 1.79 bits per heavy atom. The monoisotopic (exact) mass is 329 g/mol. The van der Waals surface area contributed by atoms with Crippen LogP contribution in [0.15, 0.2) is 30.3 Å². The van der Waals surface area contributed by atoms with Crippen molar-refractivity contribution in [2.45, 2.75) is 19.3 Å². The predicted octanol–water partition coefficient (Wildman–Crippen LogP) is 0.791. The molecule has 2 aliphatic rings. The Hall–Kier alpha value is -2.37. The third kappa shape index (κ3) is 4.34. The van der Waals surface area contributed by atoms with Crippen LogP contribution < -0.4 is 10.6 Å². The molecule has 6 heteroatoms. The van der Waals surface area contributed by atoms with Crippen molar-refractivity contribution in [3.05, 3.63) is 35.9 Å². The van der Waals surface area contributed by atoms with Gasteiger partial charge in [0, 0.05) is 38.2 Å². The fraction of sp³-hybridized carbons (Fsp3) is 0.500. The van der Waals surface area contributed by atoms with Gasteiger partial charge in [-0.1, -0.05) is 18.2 Å². The predicted molar refractivity (Wildman–Crippen MR) is 89.2 cm³/mol. The van der Waals surface area contributed by atoms with Crippen molar-refractivity contribution in [3.8, 4) is 0 Å². The molecule has 1 aliphatic carbocycles.